The molecule has 0 spiro atoms. The van der Waals surface area contributed by atoms with Crippen LogP contribution in [0.25, 0.3) is 11.3 Å². The third-order valence-corrected chi connectivity index (χ3v) is 2.71. The zero-order chi connectivity index (χ0) is 13.3. The molecule has 96 valence electrons. The molecule has 2 heterocycles. The summed E-state index contributed by atoms with van der Waals surface area (Å²) in [6, 6.07) is 3.62. The number of hydrogen-bond acceptors (Lipinski definition) is 5. The number of nitrogen functional groups attached to an aromatic ring is 2. The molecule has 0 saturated carbocycles. The predicted octanol–water partition coefficient (Wildman–Crippen LogP) is 1.37. The van der Waals surface area contributed by atoms with Crippen LogP contribution in [0.15, 0.2) is 18.3 Å². The normalized spacial score (nSPS) is 10.9. The van der Waals surface area contributed by atoms with Crippen molar-refractivity contribution in [1.29, 1.82) is 0 Å². The Hall–Kier alpha value is -2.24. The predicted molar refractivity (Wildman–Crippen MR) is 70.7 cm³/mol. The highest BCUT2D eigenvalue weighted by atomic mass is 16.5. The molecule has 0 amide bonds. The topological polar surface area (TPSA) is 92.0 Å². The van der Waals surface area contributed by atoms with Crippen LogP contribution in [0.4, 0.5) is 5.82 Å². The van der Waals surface area contributed by atoms with Crippen LogP contribution in [-0.2, 0) is 0 Å². The number of imidazole rings is 1. The maximum Gasteiger partial charge on any atom is 0.212 e. The molecule has 0 fully saturated rings. The molecule has 0 unspecified atom stereocenters. The highest BCUT2D eigenvalue weighted by Gasteiger charge is 2.16. The Labute approximate surface area is 106 Å². The lowest BCUT2D eigenvalue weighted by Gasteiger charge is -2.04. The van der Waals surface area contributed by atoms with E-state index >= 15 is 0 Å². The number of aromatic nitrogens is 3. The first-order valence-electron chi connectivity index (χ1n) is 5.68. The van der Waals surface area contributed by atoms with E-state index in [4.69, 9.17) is 16.3 Å². The van der Waals surface area contributed by atoms with Crippen LogP contribution < -0.4 is 16.3 Å². The number of rotatable bonds is 3. The van der Waals surface area contributed by atoms with Crippen LogP contribution >= 0.6 is 0 Å². The van der Waals surface area contributed by atoms with E-state index in [1.165, 1.54) is 4.68 Å². The number of hydrogen-bond donors (Lipinski definition) is 2. The van der Waals surface area contributed by atoms with E-state index in [2.05, 4.69) is 9.97 Å². The number of ether oxygens (including phenoxy) is 1. The monoisotopic (exact) mass is 247 g/mol. The van der Waals surface area contributed by atoms with Gasteiger partial charge >= 0.3 is 0 Å². The van der Waals surface area contributed by atoms with Gasteiger partial charge in [0, 0.05) is 23.7 Å². The molecule has 0 saturated heterocycles. The van der Waals surface area contributed by atoms with Crippen LogP contribution in [0.2, 0.25) is 0 Å². The second-order valence-electron chi connectivity index (χ2n) is 4.32. The van der Waals surface area contributed by atoms with Crippen molar-refractivity contribution < 1.29 is 4.74 Å². The van der Waals surface area contributed by atoms with Crippen molar-refractivity contribution in [2.45, 2.75) is 19.8 Å². The lowest BCUT2D eigenvalue weighted by atomic mass is 10.2. The van der Waals surface area contributed by atoms with E-state index in [9.17, 15) is 0 Å². The minimum Gasteiger partial charge on any atom is -0.481 e. The van der Waals surface area contributed by atoms with Crippen molar-refractivity contribution in [3.05, 3.63) is 24.2 Å². The maximum absolute atomic E-state index is 5.96. The summed E-state index contributed by atoms with van der Waals surface area (Å²) in [5.41, 5.74) is 7.43. The Balaban J connectivity index is 2.47. The summed E-state index contributed by atoms with van der Waals surface area (Å²) in [4.78, 5) is 8.60. The molecule has 0 aliphatic carbocycles. The maximum atomic E-state index is 5.96. The molecular formula is C12H17N5O. The molecular weight excluding hydrogens is 230 g/mol. The Morgan fingerprint density at radius 3 is 2.50 bits per heavy atom. The highest BCUT2D eigenvalue weighted by Crippen LogP contribution is 2.27. The summed E-state index contributed by atoms with van der Waals surface area (Å²) in [6.07, 6.45) is 1.67. The molecule has 0 aliphatic heterocycles. The molecule has 2 aromatic heterocycles. The smallest absolute Gasteiger partial charge is 0.212 e. The minimum absolute atomic E-state index is 0.206. The fraction of sp³-hybridized carbons (Fsp3) is 0.333. The van der Waals surface area contributed by atoms with E-state index in [1.807, 2.05) is 19.9 Å². The van der Waals surface area contributed by atoms with Gasteiger partial charge in [-0.1, -0.05) is 13.8 Å². The van der Waals surface area contributed by atoms with E-state index in [1.54, 1.807) is 19.4 Å². The molecule has 0 atom stereocenters. The zero-order valence-electron chi connectivity index (χ0n) is 10.7. The molecule has 2 rings (SSSR count). The minimum atomic E-state index is 0.206. The third-order valence-electron chi connectivity index (χ3n) is 2.71. The largest absolute Gasteiger partial charge is 0.481 e. The molecule has 4 N–H and O–H groups in total. The van der Waals surface area contributed by atoms with Crippen molar-refractivity contribution in [1.82, 2.24) is 14.6 Å². The molecule has 0 radical (unpaired) electrons. The van der Waals surface area contributed by atoms with Gasteiger partial charge in [-0.2, -0.15) is 0 Å². The summed E-state index contributed by atoms with van der Waals surface area (Å²) in [5.74, 6) is 7.82. The zero-order valence-corrected chi connectivity index (χ0v) is 10.7. The van der Waals surface area contributed by atoms with Gasteiger partial charge in [0.25, 0.3) is 0 Å². The van der Waals surface area contributed by atoms with Gasteiger partial charge in [-0.05, 0) is 6.07 Å². The van der Waals surface area contributed by atoms with Crippen LogP contribution in [0, 0.1) is 0 Å². The van der Waals surface area contributed by atoms with E-state index < -0.39 is 0 Å². The first-order valence-corrected chi connectivity index (χ1v) is 5.68. The van der Waals surface area contributed by atoms with Crippen molar-refractivity contribution in [3.63, 3.8) is 0 Å². The summed E-state index contributed by atoms with van der Waals surface area (Å²) >= 11 is 0. The third kappa shape index (κ3) is 1.97. The van der Waals surface area contributed by atoms with Gasteiger partial charge in [0.05, 0.1) is 7.11 Å². The fourth-order valence-electron chi connectivity index (χ4n) is 1.72. The average molecular weight is 247 g/mol. The van der Waals surface area contributed by atoms with Crippen molar-refractivity contribution in [3.8, 4) is 17.1 Å². The number of pyridine rings is 1. The summed E-state index contributed by atoms with van der Waals surface area (Å²) in [7, 11) is 1.57. The first-order chi connectivity index (χ1) is 8.54. The number of nitrogens with zero attached hydrogens (tertiary/aromatic N) is 3. The van der Waals surface area contributed by atoms with Crippen LogP contribution in [0.1, 0.15) is 25.6 Å². The lowest BCUT2D eigenvalue weighted by molar-refractivity contribution is 0.398. The number of nitrogens with two attached hydrogens (primary N) is 2. The van der Waals surface area contributed by atoms with Gasteiger partial charge in [-0.25, -0.2) is 14.6 Å². The molecule has 2 aromatic rings. The van der Waals surface area contributed by atoms with Crippen molar-refractivity contribution >= 4 is 5.82 Å². The summed E-state index contributed by atoms with van der Waals surface area (Å²) in [5, 5.41) is 0. The standard InChI is InChI=1S/C12H17N5O/c1-7(2)12-16-10(11(13)17(12)14)8-4-5-9(18-3)15-6-8/h4-7H,13-14H2,1-3H3. The Morgan fingerprint density at radius 1 is 1.33 bits per heavy atom. The van der Waals surface area contributed by atoms with E-state index in [0.29, 0.717) is 17.4 Å². The molecule has 6 nitrogen and oxygen atoms in total. The van der Waals surface area contributed by atoms with Crippen LogP contribution in [0.5, 0.6) is 5.88 Å². The van der Waals surface area contributed by atoms with Gasteiger partial charge < -0.3 is 16.3 Å². The van der Waals surface area contributed by atoms with E-state index in [-0.39, 0.29) is 5.92 Å². The number of methoxy groups -OCH3 is 1. The second-order valence-corrected chi connectivity index (χ2v) is 4.32. The van der Waals surface area contributed by atoms with Gasteiger partial charge in [-0.3, -0.25) is 0 Å². The number of anilines is 1. The summed E-state index contributed by atoms with van der Waals surface area (Å²) < 4.78 is 6.43. The lowest BCUT2D eigenvalue weighted by Crippen LogP contribution is -2.16. The van der Waals surface area contributed by atoms with Crippen molar-refractivity contribution in [2.75, 3.05) is 18.7 Å². The first kappa shape index (κ1) is 12.2. The van der Waals surface area contributed by atoms with Crippen LogP contribution in [0.3, 0.4) is 0 Å². The quantitative estimate of drug-likeness (QED) is 0.799. The van der Waals surface area contributed by atoms with Crippen molar-refractivity contribution in [2.24, 2.45) is 0 Å². The average Bonchev–Trinajstić information content (AvgIpc) is 2.67. The van der Waals surface area contributed by atoms with Crippen LogP contribution in [-0.4, -0.2) is 21.8 Å². The molecule has 0 aliphatic rings. The molecule has 18 heavy (non-hydrogen) atoms. The van der Waals surface area contributed by atoms with Gasteiger partial charge in [0.15, 0.2) is 5.82 Å². The Bertz CT molecular complexity index is 544. The van der Waals surface area contributed by atoms with E-state index in [0.717, 1.165) is 11.4 Å². The van der Waals surface area contributed by atoms with Gasteiger partial charge in [0.2, 0.25) is 5.88 Å². The summed E-state index contributed by atoms with van der Waals surface area (Å²) in [6.45, 7) is 4.03. The van der Waals surface area contributed by atoms with Gasteiger partial charge in [0.1, 0.15) is 11.5 Å². The molecule has 0 bridgehead atoms. The Morgan fingerprint density at radius 2 is 2.06 bits per heavy atom. The fourth-order valence-corrected chi connectivity index (χ4v) is 1.72. The second kappa shape index (κ2) is 4.56. The SMILES string of the molecule is COc1ccc(-c2nc(C(C)C)n(N)c2N)cn1. The Kier molecular flexibility index (Phi) is 3.10. The molecule has 6 heteroatoms. The van der Waals surface area contributed by atoms with Gasteiger partial charge in [-0.15, -0.1) is 0 Å². The highest BCUT2D eigenvalue weighted by molar-refractivity contribution is 5.70. The molecule has 0 aromatic carbocycles.